The highest BCUT2D eigenvalue weighted by Gasteiger charge is 2.19. The van der Waals surface area contributed by atoms with Crippen molar-refractivity contribution in [1.82, 2.24) is 0 Å². The zero-order chi connectivity index (χ0) is 7.49. The van der Waals surface area contributed by atoms with Gasteiger partial charge < -0.3 is 0 Å². The quantitative estimate of drug-likeness (QED) is 0.520. The largest absolute Gasteiger partial charge is 0.299 e. The molecule has 0 aromatic carbocycles. The highest BCUT2D eigenvalue weighted by Crippen LogP contribution is 2.15. The highest BCUT2D eigenvalue weighted by molar-refractivity contribution is 5.93. The second-order valence-electron chi connectivity index (χ2n) is 2.99. The summed E-state index contributed by atoms with van der Waals surface area (Å²) in [6, 6.07) is 0. The lowest BCUT2D eigenvalue weighted by molar-refractivity contribution is -0.125. The van der Waals surface area contributed by atoms with E-state index in [4.69, 9.17) is 0 Å². The van der Waals surface area contributed by atoms with Gasteiger partial charge in [0.2, 0.25) is 6.29 Å². The minimum Gasteiger partial charge on any atom is -0.299 e. The smallest absolute Gasteiger partial charge is 0.206 e. The SMILES string of the molecule is CC(C)(C)C(=O)C[C]=O. The molecule has 0 spiro atoms. The van der Waals surface area contributed by atoms with E-state index in [1.807, 2.05) is 0 Å². The fraction of sp³-hybridized carbons (Fsp3) is 0.714. The van der Waals surface area contributed by atoms with Crippen LogP contribution in [0.25, 0.3) is 0 Å². The van der Waals surface area contributed by atoms with Crippen LogP contribution in [0.2, 0.25) is 0 Å². The van der Waals surface area contributed by atoms with Gasteiger partial charge in [-0.3, -0.25) is 9.59 Å². The number of hydrogen-bond acceptors (Lipinski definition) is 2. The molecule has 0 saturated heterocycles. The van der Waals surface area contributed by atoms with Gasteiger partial charge in [0.15, 0.2) is 0 Å². The molecule has 2 heteroatoms. The Balaban J connectivity index is 3.88. The van der Waals surface area contributed by atoms with Gasteiger partial charge in [0.05, 0.1) is 6.42 Å². The summed E-state index contributed by atoms with van der Waals surface area (Å²) in [6.07, 6.45) is 1.49. The summed E-state index contributed by atoms with van der Waals surface area (Å²) in [6.45, 7) is 5.35. The van der Waals surface area contributed by atoms with Crippen molar-refractivity contribution < 1.29 is 9.59 Å². The molecule has 2 nitrogen and oxygen atoms in total. The van der Waals surface area contributed by atoms with E-state index in [1.54, 1.807) is 27.1 Å². The lowest BCUT2D eigenvalue weighted by Crippen LogP contribution is -2.19. The van der Waals surface area contributed by atoms with E-state index in [0.717, 1.165) is 0 Å². The normalized spacial score (nSPS) is 11.0. The summed E-state index contributed by atoms with van der Waals surface area (Å²) in [5.41, 5.74) is -0.391. The van der Waals surface area contributed by atoms with Crippen LogP contribution in [-0.2, 0) is 9.59 Å². The topological polar surface area (TPSA) is 34.1 Å². The minimum absolute atomic E-state index is 0.0579. The predicted molar refractivity (Wildman–Crippen MR) is 34.8 cm³/mol. The first-order valence-corrected chi connectivity index (χ1v) is 2.87. The van der Waals surface area contributed by atoms with Crippen LogP contribution in [0.4, 0.5) is 0 Å². The molecule has 0 bridgehead atoms. The van der Waals surface area contributed by atoms with Crippen molar-refractivity contribution >= 4 is 12.1 Å². The van der Waals surface area contributed by atoms with Crippen molar-refractivity contribution in [2.24, 2.45) is 5.41 Å². The van der Waals surface area contributed by atoms with Crippen LogP contribution < -0.4 is 0 Å². The molecule has 0 rings (SSSR count). The van der Waals surface area contributed by atoms with Gasteiger partial charge in [0, 0.05) is 5.41 Å². The van der Waals surface area contributed by atoms with Crippen molar-refractivity contribution in [3.63, 3.8) is 0 Å². The van der Waals surface area contributed by atoms with Gasteiger partial charge in [-0.2, -0.15) is 0 Å². The first-order chi connectivity index (χ1) is 3.98. The molecule has 0 saturated carbocycles. The second kappa shape index (κ2) is 2.76. The molecule has 0 aliphatic heterocycles. The number of hydrogen-bond donors (Lipinski definition) is 0. The zero-order valence-electron chi connectivity index (χ0n) is 6.02. The standard InChI is InChI=1S/C7H11O2/c1-7(2,3)6(9)4-5-8/h4H2,1-3H3. The van der Waals surface area contributed by atoms with Crippen LogP contribution in [0, 0.1) is 5.41 Å². The molecule has 0 heterocycles. The van der Waals surface area contributed by atoms with Crippen molar-refractivity contribution in [2.75, 3.05) is 0 Å². The van der Waals surface area contributed by atoms with E-state index < -0.39 is 5.41 Å². The van der Waals surface area contributed by atoms with E-state index in [2.05, 4.69) is 0 Å². The Labute approximate surface area is 55.3 Å². The molecule has 0 unspecified atom stereocenters. The Morgan fingerprint density at radius 3 is 2.00 bits per heavy atom. The van der Waals surface area contributed by atoms with Crippen LogP contribution in [0.1, 0.15) is 27.2 Å². The third kappa shape index (κ3) is 3.01. The summed E-state index contributed by atoms with van der Waals surface area (Å²) in [4.78, 5) is 20.5. The van der Waals surface area contributed by atoms with E-state index in [-0.39, 0.29) is 12.2 Å². The maximum Gasteiger partial charge on any atom is 0.206 e. The maximum atomic E-state index is 10.8. The Morgan fingerprint density at radius 2 is 1.89 bits per heavy atom. The molecule has 0 amide bonds. The minimum atomic E-state index is -0.391. The average Bonchev–Trinajstić information content (AvgIpc) is 1.64. The van der Waals surface area contributed by atoms with Gasteiger partial charge in [0.1, 0.15) is 5.78 Å². The number of ketones is 1. The summed E-state index contributed by atoms with van der Waals surface area (Å²) in [5.74, 6) is -0.0579. The molecular formula is C7H11O2. The predicted octanol–water partition coefficient (Wildman–Crippen LogP) is 1.10. The first-order valence-electron chi connectivity index (χ1n) is 2.87. The zero-order valence-corrected chi connectivity index (χ0v) is 6.02. The molecule has 51 valence electrons. The van der Waals surface area contributed by atoms with Crippen LogP contribution >= 0.6 is 0 Å². The molecule has 0 aliphatic carbocycles. The maximum absolute atomic E-state index is 10.8. The first kappa shape index (κ1) is 8.34. The lowest BCUT2D eigenvalue weighted by atomic mass is 9.89. The molecular weight excluding hydrogens is 116 g/mol. The van der Waals surface area contributed by atoms with Gasteiger partial charge in [-0.05, 0) is 0 Å². The number of Topliss-reactive ketones (excluding diaryl/α,β-unsaturated/α-hetero) is 1. The average molecular weight is 127 g/mol. The molecule has 0 aromatic rings. The van der Waals surface area contributed by atoms with Crippen molar-refractivity contribution in [1.29, 1.82) is 0 Å². The van der Waals surface area contributed by atoms with Crippen LogP contribution in [-0.4, -0.2) is 12.1 Å². The van der Waals surface area contributed by atoms with Gasteiger partial charge >= 0.3 is 0 Å². The monoisotopic (exact) mass is 127 g/mol. The van der Waals surface area contributed by atoms with E-state index in [9.17, 15) is 9.59 Å². The number of carbonyl (C=O) groups excluding carboxylic acids is 2. The van der Waals surface area contributed by atoms with Crippen molar-refractivity contribution in [3.05, 3.63) is 0 Å². The summed E-state index contributed by atoms with van der Waals surface area (Å²) in [5, 5.41) is 0. The molecule has 0 aliphatic rings. The highest BCUT2D eigenvalue weighted by atomic mass is 16.1. The van der Waals surface area contributed by atoms with Gasteiger partial charge in [0.25, 0.3) is 0 Å². The molecule has 0 fully saturated rings. The number of rotatable bonds is 2. The molecule has 1 radical (unpaired) electrons. The second-order valence-corrected chi connectivity index (χ2v) is 2.99. The van der Waals surface area contributed by atoms with Gasteiger partial charge in [-0.1, -0.05) is 20.8 Å². The molecule has 0 N–H and O–H groups in total. The fourth-order valence-corrected chi connectivity index (χ4v) is 0.331. The van der Waals surface area contributed by atoms with E-state index >= 15 is 0 Å². The van der Waals surface area contributed by atoms with E-state index in [0.29, 0.717) is 0 Å². The lowest BCUT2D eigenvalue weighted by Gasteiger charge is -2.13. The molecule has 0 aromatic heterocycles. The molecule has 9 heavy (non-hydrogen) atoms. The Bertz CT molecular complexity index is 119. The summed E-state index contributed by atoms with van der Waals surface area (Å²) < 4.78 is 0. The Kier molecular flexibility index (Phi) is 2.56. The van der Waals surface area contributed by atoms with Gasteiger partial charge in [-0.15, -0.1) is 0 Å². The van der Waals surface area contributed by atoms with Gasteiger partial charge in [-0.25, -0.2) is 0 Å². The summed E-state index contributed by atoms with van der Waals surface area (Å²) >= 11 is 0. The van der Waals surface area contributed by atoms with E-state index in [1.165, 1.54) is 0 Å². The fourth-order valence-electron chi connectivity index (χ4n) is 0.331. The molecule has 0 atom stereocenters. The van der Waals surface area contributed by atoms with Crippen LogP contribution in [0.5, 0.6) is 0 Å². The third-order valence-corrected chi connectivity index (χ3v) is 1.07. The Morgan fingerprint density at radius 1 is 1.44 bits per heavy atom. The van der Waals surface area contributed by atoms with Crippen molar-refractivity contribution in [2.45, 2.75) is 27.2 Å². The Hall–Kier alpha value is -0.660. The van der Waals surface area contributed by atoms with Crippen LogP contribution in [0.3, 0.4) is 0 Å². The summed E-state index contributed by atoms with van der Waals surface area (Å²) in [7, 11) is 0. The van der Waals surface area contributed by atoms with Crippen molar-refractivity contribution in [3.8, 4) is 0 Å². The third-order valence-electron chi connectivity index (χ3n) is 1.07. The van der Waals surface area contributed by atoms with Crippen LogP contribution in [0.15, 0.2) is 0 Å². The number of carbonyl (C=O) groups is 1.